The zero-order valence-electron chi connectivity index (χ0n) is 11.1. The molecule has 2 aromatic rings. The van der Waals surface area contributed by atoms with Crippen molar-refractivity contribution in [2.45, 2.75) is 6.42 Å². The number of carbonyl (C=O) groups excluding carboxylic acids is 1. The fraction of sp³-hybridized carbons (Fsp3) is 0.200. The summed E-state index contributed by atoms with van der Waals surface area (Å²) < 4.78 is 14.1. The number of hydrogen-bond donors (Lipinski definition) is 1. The number of benzene rings is 1. The molecule has 0 aliphatic heterocycles. The van der Waals surface area contributed by atoms with E-state index in [1.807, 2.05) is 0 Å². The molecule has 0 radical (unpaired) electrons. The second-order valence-electron chi connectivity index (χ2n) is 4.50. The molecule has 1 aromatic carbocycles. The minimum Gasteiger partial charge on any atom is -0.352 e. The van der Waals surface area contributed by atoms with Crippen LogP contribution in [0.1, 0.15) is 15.9 Å². The monoisotopic (exact) mass is 274 g/mol. The van der Waals surface area contributed by atoms with Crippen LogP contribution in [0.4, 0.5) is 4.39 Å². The third-order valence-electron chi connectivity index (χ3n) is 2.98. The zero-order valence-corrected chi connectivity index (χ0v) is 11.1. The lowest BCUT2D eigenvalue weighted by atomic mass is 10.1. The smallest absolute Gasteiger partial charge is 0.251 e. The Hall–Kier alpha value is -2.43. The molecule has 4 nitrogen and oxygen atoms in total. The van der Waals surface area contributed by atoms with Gasteiger partial charge in [0.2, 0.25) is 0 Å². The maximum atomic E-state index is 12.7. The van der Waals surface area contributed by atoms with Gasteiger partial charge in [-0.25, -0.2) is 4.39 Å². The van der Waals surface area contributed by atoms with Crippen molar-refractivity contribution in [3.8, 4) is 0 Å². The summed E-state index contributed by atoms with van der Waals surface area (Å²) in [4.78, 5) is 23.3. The predicted molar refractivity (Wildman–Crippen MR) is 74.1 cm³/mol. The number of hydrogen-bond acceptors (Lipinski definition) is 2. The van der Waals surface area contributed by atoms with Crippen LogP contribution < -0.4 is 10.9 Å². The second-order valence-corrected chi connectivity index (χ2v) is 4.50. The molecule has 0 bridgehead atoms. The number of nitrogens with one attached hydrogen (secondary N) is 1. The Labute approximate surface area is 115 Å². The van der Waals surface area contributed by atoms with E-state index in [0.29, 0.717) is 18.5 Å². The number of amides is 1. The standard InChI is InChI=1S/C15H15FN2O2/c1-18-9-7-12(10-14(18)19)15(20)17-8-6-11-2-4-13(16)5-3-11/h2-5,7,9-10H,6,8H2,1H3,(H,17,20). The number of halogens is 1. The first-order chi connectivity index (χ1) is 9.56. The van der Waals surface area contributed by atoms with Crippen molar-refractivity contribution in [2.75, 3.05) is 6.54 Å². The topological polar surface area (TPSA) is 51.1 Å². The SMILES string of the molecule is Cn1ccc(C(=O)NCCc2ccc(F)cc2)cc1=O. The van der Waals surface area contributed by atoms with Gasteiger partial charge in [0.1, 0.15) is 5.82 Å². The predicted octanol–water partition coefficient (Wildman–Crippen LogP) is 1.50. The minimum absolute atomic E-state index is 0.226. The van der Waals surface area contributed by atoms with Gasteiger partial charge in [-0.15, -0.1) is 0 Å². The summed E-state index contributed by atoms with van der Waals surface area (Å²) in [7, 11) is 1.62. The Bertz CT molecular complexity index is 662. The number of nitrogens with zero attached hydrogens (tertiary/aromatic N) is 1. The van der Waals surface area contributed by atoms with E-state index in [1.54, 1.807) is 31.4 Å². The molecule has 0 unspecified atom stereocenters. The van der Waals surface area contributed by atoms with Crippen molar-refractivity contribution < 1.29 is 9.18 Å². The van der Waals surface area contributed by atoms with Crippen molar-refractivity contribution in [3.05, 3.63) is 69.9 Å². The normalized spacial score (nSPS) is 10.3. The summed E-state index contributed by atoms with van der Waals surface area (Å²) in [5.74, 6) is -0.567. The first kappa shape index (κ1) is 14.0. The summed E-state index contributed by atoms with van der Waals surface area (Å²) in [6.07, 6.45) is 2.16. The van der Waals surface area contributed by atoms with Gasteiger partial charge in [-0.3, -0.25) is 9.59 Å². The fourth-order valence-electron chi connectivity index (χ4n) is 1.76. The van der Waals surface area contributed by atoms with Gasteiger partial charge in [0.15, 0.2) is 0 Å². The molecule has 5 heteroatoms. The average Bonchev–Trinajstić information content (AvgIpc) is 2.44. The van der Waals surface area contributed by atoms with Crippen LogP contribution in [0, 0.1) is 5.82 Å². The van der Waals surface area contributed by atoms with Crippen molar-refractivity contribution in [3.63, 3.8) is 0 Å². The maximum absolute atomic E-state index is 12.7. The summed E-state index contributed by atoms with van der Waals surface area (Å²) >= 11 is 0. The average molecular weight is 274 g/mol. The third-order valence-corrected chi connectivity index (χ3v) is 2.98. The molecule has 0 saturated heterocycles. The van der Waals surface area contributed by atoms with Gasteiger partial charge in [0.05, 0.1) is 0 Å². The van der Waals surface area contributed by atoms with Crippen LogP contribution in [0.15, 0.2) is 47.4 Å². The van der Waals surface area contributed by atoms with Crippen molar-refractivity contribution >= 4 is 5.91 Å². The fourth-order valence-corrected chi connectivity index (χ4v) is 1.76. The van der Waals surface area contributed by atoms with Crippen LogP contribution in [-0.2, 0) is 13.5 Å². The number of rotatable bonds is 4. The summed E-state index contributed by atoms with van der Waals surface area (Å²) in [6.45, 7) is 0.430. The molecule has 0 atom stereocenters. The van der Waals surface area contributed by atoms with Crippen LogP contribution in [0.5, 0.6) is 0 Å². The molecule has 0 aliphatic carbocycles. The summed E-state index contributed by atoms with van der Waals surface area (Å²) in [6, 6.07) is 9.03. The number of pyridine rings is 1. The van der Waals surface area contributed by atoms with E-state index < -0.39 is 0 Å². The van der Waals surface area contributed by atoms with Crippen molar-refractivity contribution in [2.24, 2.45) is 7.05 Å². The van der Waals surface area contributed by atoms with Crippen LogP contribution in [-0.4, -0.2) is 17.0 Å². The van der Waals surface area contributed by atoms with E-state index in [0.717, 1.165) is 5.56 Å². The highest BCUT2D eigenvalue weighted by Gasteiger charge is 2.06. The van der Waals surface area contributed by atoms with Crippen molar-refractivity contribution in [1.82, 2.24) is 9.88 Å². The van der Waals surface area contributed by atoms with Gasteiger partial charge >= 0.3 is 0 Å². The van der Waals surface area contributed by atoms with Crippen LogP contribution in [0.3, 0.4) is 0 Å². The molecule has 104 valence electrons. The van der Waals surface area contributed by atoms with Crippen molar-refractivity contribution in [1.29, 1.82) is 0 Å². The molecular weight excluding hydrogens is 259 g/mol. The Morgan fingerprint density at radius 3 is 2.60 bits per heavy atom. The molecule has 0 aliphatic rings. The highest BCUT2D eigenvalue weighted by atomic mass is 19.1. The molecule has 1 N–H and O–H groups in total. The first-order valence-corrected chi connectivity index (χ1v) is 6.25. The second kappa shape index (κ2) is 6.14. The van der Waals surface area contributed by atoms with Gasteiger partial charge in [-0.05, 0) is 30.2 Å². The molecule has 2 rings (SSSR count). The zero-order chi connectivity index (χ0) is 14.5. The van der Waals surface area contributed by atoms with Gasteiger partial charge < -0.3 is 9.88 Å². The maximum Gasteiger partial charge on any atom is 0.251 e. The minimum atomic E-state index is -0.287. The summed E-state index contributed by atoms with van der Waals surface area (Å²) in [5, 5.41) is 2.73. The lowest BCUT2D eigenvalue weighted by Gasteiger charge is -2.06. The van der Waals surface area contributed by atoms with Gasteiger partial charge in [0, 0.05) is 31.4 Å². The van der Waals surface area contributed by atoms with E-state index in [9.17, 15) is 14.0 Å². The van der Waals surface area contributed by atoms with Crippen LogP contribution >= 0.6 is 0 Å². The lowest BCUT2D eigenvalue weighted by molar-refractivity contribution is 0.0954. The molecule has 1 aromatic heterocycles. The van der Waals surface area contributed by atoms with Crippen LogP contribution in [0.2, 0.25) is 0 Å². The van der Waals surface area contributed by atoms with Gasteiger partial charge in [-0.2, -0.15) is 0 Å². The Morgan fingerprint density at radius 2 is 1.95 bits per heavy atom. The van der Waals surface area contributed by atoms with E-state index >= 15 is 0 Å². The molecule has 0 spiro atoms. The first-order valence-electron chi connectivity index (χ1n) is 6.25. The molecule has 1 heterocycles. The number of aryl methyl sites for hydroxylation is 1. The van der Waals surface area contributed by atoms with E-state index in [2.05, 4.69) is 5.32 Å². The number of aromatic nitrogens is 1. The number of carbonyl (C=O) groups is 1. The highest BCUT2D eigenvalue weighted by Crippen LogP contribution is 2.03. The van der Waals surface area contributed by atoms with E-state index in [4.69, 9.17) is 0 Å². The lowest BCUT2D eigenvalue weighted by Crippen LogP contribution is -2.27. The van der Waals surface area contributed by atoms with Gasteiger partial charge in [-0.1, -0.05) is 12.1 Å². The highest BCUT2D eigenvalue weighted by molar-refractivity contribution is 5.93. The Kier molecular flexibility index (Phi) is 4.30. The molecule has 1 amide bonds. The van der Waals surface area contributed by atoms with Gasteiger partial charge in [0.25, 0.3) is 11.5 Å². The Balaban J connectivity index is 1.90. The largest absolute Gasteiger partial charge is 0.352 e. The van der Waals surface area contributed by atoms with E-state index in [1.165, 1.54) is 22.8 Å². The molecule has 20 heavy (non-hydrogen) atoms. The van der Waals surface area contributed by atoms with E-state index in [-0.39, 0.29) is 17.3 Å². The Morgan fingerprint density at radius 1 is 1.25 bits per heavy atom. The summed E-state index contributed by atoms with van der Waals surface area (Å²) in [5.41, 5.74) is 1.05. The molecule has 0 fully saturated rings. The molecule has 0 saturated carbocycles. The third kappa shape index (κ3) is 3.54. The molecular formula is C15H15FN2O2. The quantitative estimate of drug-likeness (QED) is 0.918. The van der Waals surface area contributed by atoms with Crippen LogP contribution in [0.25, 0.3) is 0 Å².